The molecule has 0 aromatic carbocycles. The molecule has 6 nitrogen and oxygen atoms in total. The number of hydrogen-bond acceptors (Lipinski definition) is 4. The van der Waals surface area contributed by atoms with Crippen LogP contribution in [0.25, 0.3) is 0 Å². The lowest BCUT2D eigenvalue weighted by molar-refractivity contribution is -0.164. The highest BCUT2D eigenvalue weighted by Gasteiger charge is 2.45. The molecule has 0 amide bonds. The Morgan fingerprint density at radius 3 is 1.94 bits per heavy atom. The zero-order chi connectivity index (χ0) is 14.4. The van der Waals surface area contributed by atoms with Crippen LogP contribution in [-0.4, -0.2) is 53.3 Å². The summed E-state index contributed by atoms with van der Waals surface area (Å²) < 4.78 is 31.4. The first-order valence-corrected chi connectivity index (χ1v) is 7.30. The smallest absolute Gasteiger partial charge is 0.323 e. The highest BCUT2D eigenvalue weighted by atomic mass is 32.2. The first-order chi connectivity index (χ1) is 7.87. The summed E-state index contributed by atoms with van der Waals surface area (Å²) in [6.07, 6.45) is 0. The Kier molecular flexibility index (Phi) is 3.82. The summed E-state index contributed by atoms with van der Waals surface area (Å²) in [5.41, 5.74) is -1.26. The van der Waals surface area contributed by atoms with E-state index in [4.69, 9.17) is 9.84 Å². The van der Waals surface area contributed by atoms with E-state index in [2.05, 4.69) is 0 Å². The second kappa shape index (κ2) is 4.47. The Balaban J connectivity index is 3.06. The van der Waals surface area contributed by atoms with Gasteiger partial charge in [-0.1, -0.05) is 0 Å². The Morgan fingerprint density at radius 2 is 1.61 bits per heavy atom. The number of sulfonamides is 1. The van der Waals surface area contributed by atoms with Crippen molar-refractivity contribution in [2.75, 3.05) is 13.1 Å². The van der Waals surface area contributed by atoms with Crippen LogP contribution in [0.15, 0.2) is 0 Å². The van der Waals surface area contributed by atoms with Crippen molar-refractivity contribution in [2.45, 2.75) is 51.1 Å². The van der Waals surface area contributed by atoms with Gasteiger partial charge in [-0.15, -0.1) is 0 Å². The maximum atomic E-state index is 12.2. The number of aliphatic carboxylic acids is 1. The summed E-state index contributed by atoms with van der Waals surface area (Å²) in [7, 11) is -3.85. The van der Waals surface area contributed by atoms with Gasteiger partial charge in [0.05, 0.1) is 11.2 Å². The van der Waals surface area contributed by atoms with Gasteiger partial charge in [-0.2, -0.15) is 4.31 Å². The van der Waals surface area contributed by atoms with Crippen LogP contribution >= 0.6 is 0 Å². The average molecular weight is 279 g/mol. The molecule has 1 rings (SSSR count). The molecular formula is C11H21NO5S. The van der Waals surface area contributed by atoms with Gasteiger partial charge in [0.25, 0.3) is 0 Å². The minimum atomic E-state index is -3.85. The predicted molar refractivity (Wildman–Crippen MR) is 66.8 cm³/mol. The molecule has 1 N–H and O–H groups in total. The first-order valence-electron chi connectivity index (χ1n) is 5.79. The van der Waals surface area contributed by atoms with E-state index in [1.165, 1.54) is 11.2 Å². The number of carboxylic acid groups (broad SMARTS) is 1. The molecule has 1 atom stereocenters. The molecule has 106 valence electrons. The third kappa shape index (κ3) is 3.21. The van der Waals surface area contributed by atoms with Gasteiger partial charge in [0.2, 0.25) is 10.0 Å². The quantitative estimate of drug-likeness (QED) is 0.821. The summed E-state index contributed by atoms with van der Waals surface area (Å²) in [6, 6.07) is 0. The maximum absolute atomic E-state index is 12.2. The topological polar surface area (TPSA) is 83.9 Å². The van der Waals surface area contributed by atoms with Crippen LogP contribution in [0.4, 0.5) is 0 Å². The Morgan fingerprint density at radius 1 is 1.22 bits per heavy atom. The van der Waals surface area contributed by atoms with Gasteiger partial charge in [0, 0.05) is 13.1 Å². The standard InChI is InChI=1S/C11H21NO5S/c1-8(9(13)14)18(15,16)12-6-10(2,3)17-11(4,5)7-12/h8H,6-7H2,1-5H3,(H,13,14). The fourth-order valence-corrected chi connectivity index (χ4v) is 3.93. The van der Waals surface area contributed by atoms with Crippen molar-refractivity contribution >= 4 is 16.0 Å². The zero-order valence-corrected chi connectivity index (χ0v) is 12.2. The van der Waals surface area contributed by atoms with Crippen molar-refractivity contribution in [1.29, 1.82) is 0 Å². The molecular weight excluding hydrogens is 258 g/mol. The summed E-state index contributed by atoms with van der Waals surface area (Å²) in [6.45, 7) is 8.69. The lowest BCUT2D eigenvalue weighted by Gasteiger charge is -2.46. The molecule has 1 aliphatic heterocycles. The Labute approximate surface area is 108 Å². The van der Waals surface area contributed by atoms with Crippen molar-refractivity contribution in [3.05, 3.63) is 0 Å². The molecule has 7 heteroatoms. The van der Waals surface area contributed by atoms with Crippen LogP contribution in [0.5, 0.6) is 0 Å². The van der Waals surface area contributed by atoms with E-state index in [0.717, 1.165) is 0 Å². The fourth-order valence-electron chi connectivity index (χ4n) is 2.25. The summed E-state index contributed by atoms with van der Waals surface area (Å²) in [5.74, 6) is -1.34. The zero-order valence-electron chi connectivity index (χ0n) is 11.4. The normalized spacial score (nSPS) is 25.6. The number of ether oxygens (including phenoxy) is 1. The van der Waals surface area contributed by atoms with Crippen LogP contribution in [0.1, 0.15) is 34.6 Å². The second-order valence-corrected chi connectivity index (χ2v) is 8.17. The van der Waals surface area contributed by atoms with Crippen molar-refractivity contribution < 1.29 is 23.1 Å². The number of morpholine rings is 1. The Bertz CT molecular complexity index is 424. The minimum absolute atomic E-state index is 0.163. The van der Waals surface area contributed by atoms with Gasteiger partial charge in [0.1, 0.15) is 0 Å². The fraction of sp³-hybridized carbons (Fsp3) is 0.909. The molecule has 1 unspecified atom stereocenters. The summed E-state index contributed by atoms with van der Waals surface area (Å²) >= 11 is 0. The van der Waals surface area contributed by atoms with Crippen molar-refractivity contribution in [3.63, 3.8) is 0 Å². The third-order valence-electron chi connectivity index (χ3n) is 2.82. The SMILES string of the molecule is CC(C(=O)O)S(=O)(=O)N1CC(C)(C)OC(C)(C)C1. The molecule has 18 heavy (non-hydrogen) atoms. The lowest BCUT2D eigenvalue weighted by atomic mass is 10.0. The number of nitrogens with zero attached hydrogens (tertiary/aromatic N) is 1. The van der Waals surface area contributed by atoms with Gasteiger partial charge in [-0.05, 0) is 34.6 Å². The molecule has 1 heterocycles. The van der Waals surface area contributed by atoms with Crippen molar-refractivity contribution in [2.24, 2.45) is 0 Å². The van der Waals surface area contributed by atoms with E-state index in [1.54, 1.807) is 27.7 Å². The largest absolute Gasteiger partial charge is 0.480 e. The van der Waals surface area contributed by atoms with E-state index in [-0.39, 0.29) is 13.1 Å². The summed E-state index contributed by atoms with van der Waals surface area (Å²) in [5, 5.41) is 7.43. The van der Waals surface area contributed by atoms with E-state index in [1.807, 2.05) is 0 Å². The van der Waals surface area contributed by atoms with Crippen molar-refractivity contribution in [3.8, 4) is 0 Å². The van der Waals surface area contributed by atoms with Crippen LogP contribution in [0.2, 0.25) is 0 Å². The Hall–Kier alpha value is -0.660. The molecule has 1 fully saturated rings. The van der Waals surface area contributed by atoms with Crippen LogP contribution < -0.4 is 0 Å². The number of hydrogen-bond donors (Lipinski definition) is 1. The number of carbonyl (C=O) groups is 1. The van der Waals surface area contributed by atoms with E-state index in [9.17, 15) is 13.2 Å². The van der Waals surface area contributed by atoms with Crippen molar-refractivity contribution in [1.82, 2.24) is 4.31 Å². The van der Waals surface area contributed by atoms with Crippen LogP contribution in [0, 0.1) is 0 Å². The monoisotopic (exact) mass is 279 g/mol. The van der Waals surface area contributed by atoms with E-state index < -0.39 is 32.4 Å². The molecule has 0 aromatic heterocycles. The third-order valence-corrected chi connectivity index (χ3v) is 4.89. The lowest BCUT2D eigenvalue weighted by Crippen LogP contribution is -2.60. The molecule has 0 aliphatic carbocycles. The molecule has 1 saturated heterocycles. The number of carboxylic acids is 1. The van der Waals surface area contributed by atoms with Gasteiger partial charge < -0.3 is 9.84 Å². The predicted octanol–water partition coefficient (Wildman–Crippen LogP) is 0.679. The number of rotatable bonds is 3. The highest BCUT2D eigenvalue weighted by molar-refractivity contribution is 7.90. The van der Waals surface area contributed by atoms with E-state index in [0.29, 0.717) is 0 Å². The van der Waals surface area contributed by atoms with Gasteiger partial charge in [-0.3, -0.25) is 4.79 Å². The minimum Gasteiger partial charge on any atom is -0.480 e. The van der Waals surface area contributed by atoms with Gasteiger partial charge in [-0.25, -0.2) is 8.42 Å². The maximum Gasteiger partial charge on any atom is 0.323 e. The molecule has 0 saturated carbocycles. The molecule has 0 aromatic rings. The van der Waals surface area contributed by atoms with Gasteiger partial charge >= 0.3 is 5.97 Å². The molecule has 0 bridgehead atoms. The van der Waals surface area contributed by atoms with Gasteiger partial charge in [0.15, 0.2) is 5.25 Å². The molecule has 0 radical (unpaired) electrons. The molecule has 1 aliphatic rings. The van der Waals surface area contributed by atoms with E-state index >= 15 is 0 Å². The van der Waals surface area contributed by atoms with Crippen LogP contribution in [-0.2, 0) is 19.6 Å². The second-order valence-electron chi connectivity index (χ2n) is 5.91. The highest BCUT2D eigenvalue weighted by Crippen LogP contribution is 2.30. The summed E-state index contributed by atoms with van der Waals surface area (Å²) in [4.78, 5) is 10.9. The molecule has 0 spiro atoms. The van der Waals surface area contributed by atoms with Crippen LogP contribution in [0.3, 0.4) is 0 Å². The first kappa shape index (κ1) is 15.4. The average Bonchev–Trinajstić information content (AvgIpc) is 2.11.